The van der Waals surface area contributed by atoms with Crippen LogP contribution in [0.5, 0.6) is 11.5 Å². The lowest BCUT2D eigenvalue weighted by Gasteiger charge is -2.20. The molecule has 0 aromatic heterocycles. The lowest BCUT2D eigenvalue weighted by Crippen LogP contribution is -2.17. The largest absolute Gasteiger partial charge is 0.492 e. The molecule has 3 rings (SSSR count). The molecule has 1 heterocycles. The SMILES string of the molecule is COc1c(Br)cc(C2CC(C(=O)O)CN2)cc1OC1CCCC1. The highest BCUT2D eigenvalue weighted by Crippen LogP contribution is 2.41. The minimum atomic E-state index is -0.741. The van der Waals surface area contributed by atoms with Crippen molar-refractivity contribution in [3.63, 3.8) is 0 Å². The van der Waals surface area contributed by atoms with Crippen LogP contribution in [-0.2, 0) is 4.79 Å². The van der Waals surface area contributed by atoms with Crippen LogP contribution in [0.1, 0.15) is 43.7 Å². The van der Waals surface area contributed by atoms with Crippen LogP contribution in [0, 0.1) is 5.92 Å². The average Bonchev–Trinajstić information content (AvgIpc) is 3.18. The van der Waals surface area contributed by atoms with Crippen molar-refractivity contribution in [3.05, 3.63) is 22.2 Å². The summed E-state index contributed by atoms with van der Waals surface area (Å²) in [6, 6.07) is 4.01. The van der Waals surface area contributed by atoms with Gasteiger partial charge in [-0.25, -0.2) is 0 Å². The number of methoxy groups -OCH3 is 1. The second-order valence-electron chi connectivity index (χ2n) is 6.29. The van der Waals surface area contributed by atoms with Gasteiger partial charge in [0.15, 0.2) is 11.5 Å². The highest BCUT2D eigenvalue weighted by molar-refractivity contribution is 9.10. The predicted octanol–water partition coefficient (Wildman–Crippen LogP) is 3.51. The molecule has 1 aromatic rings. The number of nitrogens with one attached hydrogen (secondary N) is 1. The van der Waals surface area contributed by atoms with Crippen molar-refractivity contribution in [1.29, 1.82) is 0 Å². The van der Waals surface area contributed by atoms with E-state index in [0.29, 0.717) is 18.7 Å². The van der Waals surface area contributed by atoms with Crippen molar-refractivity contribution in [2.75, 3.05) is 13.7 Å². The van der Waals surface area contributed by atoms with Crippen LogP contribution in [0.2, 0.25) is 0 Å². The van der Waals surface area contributed by atoms with Crippen molar-refractivity contribution >= 4 is 21.9 Å². The highest BCUT2D eigenvalue weighted by Gasteiger charge is 2.31. The van der Waals surface area contributed by atoms with E-state index in [1.807, 2.05) is 12.1 Å². The molecule has 23 heavy (non-hydrogen) atoms. The van der Waals surface area contributed by atoms with Crippen molar-refractivity contribution in [1.82, 2.24) is 5.32 Å². The summed E-state index contributed by atoms with van der Waals surface area (Å²) >= 11 is 3.55. The van der Waals surface area contributed by atoms with Gasteiger partial charge in [-0.2, -0.15) is 0 Å². The summed E-state index contributed by atoms with van der Waals surface area (Å²) in [5, 5.41) is 12.5. The number of hydrogen-bond donors (Lipinski definition) is 2. The monoisotopic (exact) mass is 383 g/mol. The summed E-state index contributed by atoms with van der Waals surface area (Å²) in [7, 11) is 1.63. The van der Waals surface area contributed by atoms with Gasteiger partial charge >= 0.3 is 5.97 Å². The van der Waals surface area contributed by atoms with Crippen molar-refractivity contribution in [2.45, 2.75) is 44.2 Å². The van der Waals surface area contributed by atoms with Gasteiger partial charge in [0.1, 0.15) is 0 Å². The maximum atomic E-state index is 11.1. The fourth-order valence-corrected chi connectivity index (χ4v) is 4.06. The van der Waals surface area contributed by atoms with Gasteiger partial charge in [-0.05, 0) is 65.7 Å². The van der Waals surface area contributed by atoms with E-state index in [4.69, 9.17) is 14.6 Å². The molecule has 0 radical (unpaired) electrons. The number of halogens is 1. The van der Waals surface area contributed by atoms with Crippen molar-refractivity contribution in [2.24, 2.45) is 5.92 Å². The van der Waals surface area contributed by atoms with Crippen LogP contribution in [-0.4, -0.2) is 30.8 Å². The normalized spacial score (nSPS) is 24.8. The Balaban J connectivity index is 1.83. The molecule has 0 amide bonds. The van der Waals surface area contributed by atoms with Gasteiger partial charge in [0.25, 0.3) is 0 Å². The molecule has 2 atom stereocenters. The van der Waals surface area contributed by atoms with Crippen LogP contribution < -0.4 is 14.8 Å². The molecule has 6 heteroatoms. The Morgan fingerprint density at radius 3 is 2.70 bits per heavy atom. The summed E-state index contributed by atoms with van der Waals surface area (Å²) in [5.41, 5.74) is 1.04. The van der Waals surface area contributed by atoms with E-state index in [1.165, 1.54) is 12.8 Å². The fraction of sp³-hybridized carbons (Fsp3) is 0.588. The number of benzene rings is 1. The number of ether oxygens (including phenoxy) is 2. The minimum Gasteiger partial charge on any atom is -0.492 e. The van der Waals surface area contributed by atoms with Gasteiger partial charge in [-0.15, -0.1) is 0 Å². The lowest BCUT2D eigenvalue weighted by atomic mass is 10.00. The Morgan fingerprint density at radius 1 is 1.35 bits per heavy atom. The molecule has 5 nitrogen and oxygen atoms in total. The Kier molecular flexibility index (Phi) is 5.11. The van der Waals surface area contributed by atoms with Gasteiger partial charge in [0, 0.05) is 12.6 Å². The van der Waals surface area contributed by atoms with E-state index in [2.05, 4.69) is 21.2 Å². The highest BCUT2D eigenvalue weighted by atomic mass is 79.9. The third-order valence-electron chi connectivity index (χ3n) is 4.71. The van der Waals surface area contributed by atoms with E-state index in [-0.39, 0.29) is 18.1 Å². The standard InChI is InChI=1S/C17H22BrNO4/c1-22-16-13(18)6-10(14-7-11(9-19-14)17(20)21)8-15(16)23-12-4-2-3-5-12/h6,8,11-12,14,19H,2-5,7,9H2,1H3,(H,20,21). The molecule has 2 fully saturated rings. The summed E-state index contributed by atoms with van der Waals surface area (Å²) in [6.07, 6.45) is 5.41. The smallest absolute Gasteiger partial charge is 0.307 e. The predicted molar refractivity (Wildman–Crippen MR) is 90.1 cm³/mol. The molecular weight excluding hydrogens is 362 g/mol. The summed E-state index contributed by atoms with van der Waals surface area (Å²) in [4.78, 5) is 11.1. The maximum Gasteiger partial charge on any atom is 0.307 e. The molecule has 2 aliphatic rings. The van der Waals surface area contributed by atoms with Crippen LogP contribution in [0.15, 0.2) is 16.6 Å². The fourth-order valence-electron chi connectivity index (χ4n) is 3.44. The first-order valence-corrected chi connectivity index (χ1v) is 8.88. The first-order chi connectivity index (χ1) is 11.1. The van der Waals surface area contributed by atoms with Gasteiger partial charge in [-0.3, -0.25) is 4.79 Å². The molecule has 2 unspecified atom stereocenters. The third kappa shape index (κ3) is 3.63. The first kappa shape index (κ1) is 16.6. The van der Waals surface area contributed by atoms with E-state index in [0.717, 1.165) is 28.6 Å². The first-order valence-electron chi connectivity index (χ1n) is 8.08. The zero-order chi connectivity index (χ0) is 16.4. The van der Waals surface area contributed by atoms with E-state index >= 15 is 0 Å². The third-order valence-corrected chi connectivity index (χ3v) is 5.30. The van der Waals surface area contributed by atoms with Gasteiger partial charge < -0.3 is 19.9 Å². The van der Waals surface area contributed by atoms with Crippen LogP contribution >= 0.6 is 15.9 Å². The number of carboxylic acid groups (broad SMARTS) is 1. The maximum absolute atomic E-state index is 11.1. The molecular formula is C17H22BrNO4. The summed E-state index contributed by atoms with van der Waals surface area (Å²) < 4.78 is 12.5. The molecule has 1 saturated carbocycles. The lowest BCUT2D eigenvalue weighted by molar-refractivity contribution is -0.141. The molecule has 126 valence electrons. The molecule has 1 aliphatic carbocycles. The molecule has 1 aromatic carbocycles. The van der Waals surface area contributed by atoms with Crippen molar-refractivity contribution < 1.29 is 19.4 Å². The topological polar surface area (TPSA) is 67.8 Å². The Labute approximate surface area is 144 Å². The summed E-state index contributed by atoms with van der Waals surface area (Å²) in [6.45, 7) is 0.502. The van der Waals surface area contributed by atoms with E-state index < -0.39 is 5.97 Å². The van der Waals surface area contributed by atoms with Crippen LogP contribution in [0.3, 0.4) is 0 Å². The summed E-state index contributed by atoms with van der Waals surface area (Å²) in [5.74, 6) is 0.368. The Hall–Kier alpha value is -1.27. The molecule has 1 saturated heterocycles. The molecule has 1 aliphatic heterocycles. The second kappa shape index (κ2) is 7.09. The number of aliphatic carboxylic acids is 1. The van der Waals surface area contributed by atoms with Gasteiger partial charge in [0.2, 0.25) is 0 Å². The van der Waals surface area contributed by atoms with Crippen LogP contribution in [0.4, 0.5) is 0 Å². The number of hydrogen-bond acceptors (Lipinski definition) is 4. The Morgan fingerprint density at radius 2 is 2.09 bits per heavy atom. The van der Waals surface area contributed by atoms with E-state index in [1.54, 1.807) is 7.11 Å². The minimum absolute atomic E-state index is 0.0317. The van der Waals surface area contributed by atoms with Gasteiger partial charge in [-0.1, -0.05) is 0 Å². The van der Waals surface area contributed by atoms with E-state index in [9.17, 15) is 4.79 Å². The molecule has 0 bridgehead atoms. The van der Waals surface area contributed by atoms with Crippen molar-refractivity contribution in [3.8, 4) is 11.5 Å². The van der Waals surface area contributed by atoms with Gasteiger partial charge in [0.05, 0.1) is 23.6 Å². The number of rotatable bonds is 5. The number of carbonyl (C=O) groups is 1. The second-order valence-corrected chi connectivity index (χ2v) is 7.14. The van der Waals surface area contributed by atoms with Crippen LogP contribution in [0.25, 0.3) is 0 Å². The zero-order valence-corrected chi connectivity index (χ0v) is 14.8. The quantitative estimate of drug-likeness (QED) is 0.813. The zero-order valence-electron chi connectivity index (χ0n) is 13.2. The number of carboxylic acids is 1. The molecule has 0 spiro atoms. The average molecular weight is 384 g/mol. The molecule has 2 N–H and O–H groups in total. The Bertz CT molecular complexity index is 586.